The molecule has 0 bridgehead atoms. The fourth-order valence-corrected chi connectivity index (χ4v) is 3.29. The van der Waals surface area contributed by atoms with Crippen LogP contribution in [0.5, 0.6) is 0 Å². The quantitative estimate of drug-likeness (QED) is 0.678. The Kier molecular flexibility index (Phi) is 5.05. The molecular formula is C22H26N6O. The van der Waals surface area contributed by atoms with Crippen molar-refractivity contribution in [3.8, 4) is 11.4 Å². The average Bonchev–Trinajstić information content (AvgIpc) is 3.33. The molecule has 29 heavy (non-hydrogen) atoms. The Labute approximate surface area is 170 Å². The van der Waals surface area contributed by atoms with Gasteiger partial charge in [0.2, 0.25) is 5.62 Å². The van der Waals surface area contributed by atoms with E-state index in [9.17, 15) is 5.11 Å². The van der Waals surface area contributed by atoms with Crippen LogP contribution >= 0.6 is 0 Å². The maximum Gasteiger partial charge on any atom is 0.228 e. The van der Waals surface area contributed by atoms with Gasteiger partial charge in [-0.2, -0.15) is 4.98 Å². The number of imidazole rings is 1. The number of aryl methyl sites for hydroxylation is 1. The molecule has 0 fully saturated rings. The Hall–Kier alpha value is -3.22. The molecule has 2 aromatic heterocycles. The second-order valence-corrected chi connectivity index (χ2v) is 8.29. The molecule has 0 aliphatic carbocycles. The van der Waals surface area contributed by atoms with Crippen LogP contribution < -0.4 is 5.62 Å². The first-order valence-corrected chi connectivity index (χ1v) is 9.86. The van der Waals surface area contributed by atoms with E-state index in [1.807, 2.05) is 27.5 Å². The Morgan fingerprint density at radius 2 is 1.93 bits per heavy atom. The highest BCUT2D eigenvalue weighted by Gasteiger charge is 2.17. The lowest BCUT2D eigenvalue weighted by Crippen LogP contribution is -2.27. The highest BCUT2D eigenvalue weighted by atomic mass is 16.3. The van der Waals surface area contributed by atoms with Gasteiger partial charge in [-0.15, -0.1) is 0 Å². The highest BCUT2D eigenvalue weighted by Crippen LogP contribution is 2.25. The summed E-state index contributed by atoms with van der Waals surface area (Å²) in [5.74, 6) is 1.58. The number of nitrogens with zero attached hydrogens (tertiary/aromatic N) is 6. The summed E-state index contributed by atoms with van der Waals surface area (Å²) in [7, 11) is 0. The summed E-state index contributed by atoms with van der Waals surface area (Å²) in [6.45, 7) is 8.43. The third kappa shape index (κ3) is 4.29. The molecule has 0 amide bonds. The average molecular weight is 390 g/mol. The van der Waals surface area contributed by atoms with Crippen molar-refractivity contribution in [2.24, 2.45) is 4.99 Å². The number of hydrogen-bond donors (Lipinski definition) is 1. The molecule has 0 radical (unpaired) electrons. The molecule has 0 saturated carbocycles. The van der Waals surface area contributed by atoms with E-state index in [0.717, 1.165) is 18.5 Å². The van der Waals surface area contributed by atoms with Crippen molar-refractivity contribution >= 4 is 6.08 Å². The van der Waals surface area contributed by atoms with Crippen LogP contribution in [0.4, 0.5) is 0 Å². The number of hydrogen-bond acceptors (Lipinski definition) is 5. The molecule has 0 spiro atoms. The molecule has 7 nitrogen and oxygen atoms in total. The van der Waals surface area contributed by atoms with Gasteiger partial charge < -0.3 is 9.67 Å². The van der Waals surface area contributed by atoms with E-state index >= 15 is 0 Å². The van der Waals surface area contributed by atoms with Gasteiger partial charge in [0.05, 0.1) is 12.9 Å². The Morgan fingerprint density at radius 3 is 2.62 bits per heavy atom. The van der Waals surface area contributed by atoms with E-state index in [1.165, 1.54) is 5.56 Å². The van der Waals surface area contributed by atoms with Crippen LogP contribution in [-0.4, -0.2) is 35.7 Å². The van der Waals surface area contributed by atoms with Gasteiger partial charge in [0.15, 0.2) is 5.82 Å². The molecule has 7 heteroatoms. The number of aliphatic hydroxyl groups is 1. The predicted octanol–water partition coefficient (Wildman–Crippen LogP) is 3.34. The topological polar surface area (TPSA) is 81.1 Å². The van der Waals surface area contributed by atoms with Crippen molar-refractivity contribution in [1.29, 1.82) is 0 Å². The first-order valence-electron chi connectivity index (χ1n) is 9.86. The molecule has 0 unspecified atom stereocenters. The van der Waals surface area contributed by atoms with Crippen molar-refractivity contribution < 1.29 is 5.11 Å². The molecule has 1 aliphatic rings. The first-order chi connectivity index (χ1) is 13.9. The molecule has 1 N–H and O–H groups in total. The molecule has 3 heterocycles. The molecule has 1 aliphatic heterocycles. The van der Waals surface area contributed by atoms with Crippen LogP contribution in [0.1, 0.15) is 38.6 Å². The normalized spacial score (nSPS) is 14.2. The summed E-state index contributed by atoms with van der Waals surface area (Å²) in [6.07, 6.45) is 8.08. The van der Waals surface area contributed by atoms with Crippen molar-refractivity contribution in [3.05, 3.63) is 65.8 Å². The van der Waals surface area contributed by atoms with Crippen molar-refractivity contribution in [3.63, 3.8) is 0 Å². The Bertz CT molecular complexity index is 1090. The number of allylic oxidation sites excluding steroid dienone is 1. The van der Waals surface area contributed by atoms with Gasteiger partial charge in [0.1, 0.15) is 11.6 Å². The monoisotopic (exact) mass is 390 g/mol. The molecule has 4 rings (SSSR count). The number of aliphatic hydroxyl groups excluding tert-OH is 1. The van der Waals surface area contributed by atoms with E-state index in [2.05, 4.69) is 47.9 Å². The molecule has 150 valence electrons. The molecule has 1 aromatic carbocycles. The minimum Gasteiger partial charge on any atom is -0.510 e. The van der Waals surface area contributed by atoms with Gasteiger partial charge >= 0.3 is 0 Å². The molecule has 3 aromatic rings. The van der Waals surface area contributed by atoms with E-state index in [4.69, 9.17) is 4.98 Å². The van der Waals surface area contributed by atoms with Crippen molar-refractivity contribution in [2.45, 2.75) is 45.7 Å². The van der Waals surface area contributed by atoms with E-state index in [0.29, 0.717) is 30.4 Å². The second kappa shape index (κ2) is 7.66. The number of fused-ring (bicyclic) bond motifs is 1. The fourth-order valence-electron chi connectivity index (χ4n) is 3.29. The van der Waals surface area contributed by atoms with Gasteiger partial charge in [-0.3, -0.25) is 9.56 Å². The van der Waals surface area contributed by atoms with Gasteiger partial charge in [-0.1, -0.05) is 45.0 Å². The third-order valence-electron chi connectivity index (χ3n) is 4.96. The standard InChI is InChI=1S/C22H26N6O/c1-22(2,3)17-7-5-16(6-8-17)20-25-19-13-18(29)14-28(19)21(26-20)24-9-4-11-27-12-10-23-15-27/h5-8,10,12-13,15,29H,4,9,11,14H2,1-3H3. The third-order valence-corrected chi connectivity index (χ3v) is 4.96. The van der Waals surface area contributed by atoms with Gasteiger partial charge in [0.25, 0.3) is 0 Å². The summed E-state index contributed by atoms with van der Waals surface area (Å²) < 4.78 is 3.88. The van der Waals surface area contributed by atoms with Crippen molar-refractivity contribution in [1.82, 2.24) is 24.1 Å². The number of benzene rings is 1. The van der Waals surface area contributed by atoms with Crippen LogP contribution in [-0.2, 0) is 18.5 Å². The zero-order valence-corrected chi connectivity index (χ0v) is 17.1. The fraction of sp³-hybridized carbons (Fsp3) is 0.364. The summed E-state index contributed by atoms with van der Waals surface area (Å²) in [5, 5.41) is 9.98. The lowest BCUT2D eigenvalue weighted by molar-refractivity contribution is 0.385. The smallest absolute Gasteiger partial charge is 0.228 e. The van der Waals surface area contributed by atoms with Gasteiger partial charge in [-0.25, -0.2) is 9.97 Å². The first kappa shape index (κ1) is 19.1. The maximum absolute atomic E-state index is 9.98. The van der Waals surface area contributed by atoms with E-state index in [-0.39, 0.29) is 11.2 Å². The zero-order valence-electron chi connectivity index (χ0n) is 17.1. The van der Waals surface area contributed by atoms with Crippen LogP contribution in [0.2, 0.25) is 0 Å². The van der Waals surface area contributed by atoms with E-state index < -0.39 is 0 Å². The lowest BCUT2D eigenvalue weighted by Gasteiger charge is -2.19. The van der Waals surface area contributed by atoms with Crippen molar-refractivity contribution in [2.75, 3.05) is 6.54 Å². The largest absolute Gasteiger partial charge is 0.510 e. The summed E-state index contributed by atoms with van der Waals surface area (Å²) in [6, 6.07) is 8.34. The zero-order chi connectivity index (χ0) is 20.4. The van der Waals surface area contributed by atoms with Crippen LogP contribution in [0.3, 0.4) is 0 Å². The predicted molar refractivity (Wildman–Crippen MR) is 112 cm³/mol. The number of aromatic nitrogens is 5. The minimum absolute atomic E-state index is 0.0947. The van der Waals surface area contributed by atoms with Crippen LogP contribution in [0.25, 0.3) is 17.5 Å². The summed E-state index contributed by atoms with van der Waals surface area (Å²) >= 11 is 0. The molecule has 0 saturated heterocycles. The Morgan fingerprint density at radius 1 is 1.14 bits per heavy atom. The molecular weight excluding hydrogens is 364 g/mol. The highest BCUT2D eigenvalue weighted by molar-refractivity contribution is 5.58. The summed E-state index contributed by atoms with van der Waals surface area (Å²) in [4.78, 5) is 18.1. The van der Waals surface area contributed by atoms with Crippen LogP contribution in [0.15, 0.2) is 53.7 Å². The second-order valence-electron chi connectivity index (χ2n) is 8.29. The van der Waals surface area contributed by atoms with E-state index in [1.54, 1.807) is 18.6 Å². The van der Waals surface area contributed by atoms with Gasteiger partial charge in [0, 0.05) is 37.1 Å². The maximum atomic E-state index is 9.98. The van der Waals surface area contributed by atoms with Gasteiger partial charge in [-0.05, 0) is 17.4 Å². The molecule has 0 atom stereocenters. The Balaban J connectivity index is 1.62. The van der Waals surface area contributed by atoms with Crippen LogP contribution in [0, 0.1) is 0 Å². The SMILES string of the molecule is CC(C)(C)c1ccc(-c2nc3n(c(=NCCCn4ccnc4)n2)CC(O)=C3)cc1. The lowest BCUT2D eigenvalue weighted by atomic mass is 9.87. The summed E-state index contributed by atoms with van der Waals surface area (Å²) in [5.41, 5.74) is 2.89. The number of rotatable bonds is 5. The minimum atomic E-state index is 0.0947.